The number of ether oxygens (including phenoxy) is 2. The predicted octanol–water partition coefficient (Wildman–Crippen LogP) is 7.30. The average molecular weight is 931 g/mol. The largest absolute Gasteiger partial charge is 1.00 e. The standard InChI is InChI=1S/C28H21N3O3.C28H19N3O3.Al.Li.4H/c2*1-34-16-12-10-15(11-13-16)14-31-27(32)23-21-17-6-2-4-8-19(17)29-25(21)26-22(24(23)28(31)33)18-7-3-5-9-20(18)30-26;;;;;;/h2-13,27,29-30,32H,14H2,1H3;2-13,29-30H,14H2,1H3;;;;;;/q;;;+1;;;;-1. The average Bonchev–Trinajstić information content (AvgIpc) is 4.22. The van der Waals surface area contributed by atoms with Crippen LogP contribution in [0.3, 0.4) is 0 Å². The van der Waals surface area contributed by atoms with Gasteiger partial charge in [0, 0.05) is 77.3 Å². The van der Waals surface area contributed by atoms with Crippen molar-refractivity contribution in [1.29, 1.82) is 0 Å². The van der Waals surface area contributed by atoms with E-state index in [9.17, 15) is 19.5 Å². The number of fused-ring (bicyclic) bond motifs is 20. The Morgan fingerprint density at radius 1 is 0.471 bits per heavy atom. The molecule has 6 heterocycles. The molecule has 0 radical (unpaired) electrons. The quantitative estimate of drug-likeness (QED) is 0.0870. The van der Waals surface area contributed by atoms with Crippen LogP contribution in [0.2, 0.25) is 0 Å². The normalized spacial score (nSPS) is 14.3. The van der Waals surface area contributed by atoms with Gasteiger partial charge in [-0.3, -0.25) is 19.3 Å². The van der Waals surface area contributed by atoms with Crippen molar-refractivity contribution >= 4 is 122 Å². The van der Waals surface area contributed by atoms with E-state index in [4.69, 9.17) is 9.47 Å². The number of rotatable bonds is 6. The van der Waals surface area contributed by atoms with Crippen LogP contribution in [0.1, 0.15) is 55.4 Å². The van der Waals surface area contributed by atoms with Crippen molar-refractivity contribution in [3.05, 3.63) is 179 Å². The van der Waals surface area contributed by atoms with E-state index in [-0.39, 0.29) is 61.9 Å². The maximum Gasteiger partial charge on any atom is 1.00 e. The molecule has 0 fully saturated rings. The second-order valence-corrected chi connectivity index (χ2v) is 17.4. The van der Waals surface area contributed by atoms with Crippen molar-refractivity contribution in [3.8, 4) is 11.5 Å². The molecule has 12 aromatic rings. The SMILES string of the molecule is COc1ccc(CN2C(=O)c3c(c4c5ccccc5[nH]c4c4[nH]c5ccccc5c34)C2=O)cc1.COc1ccc(CN2C(=O)c3c(c4c5ccccc5[nH]c4c4[nH]c5ccccc5c34)C2O)cc1.[AlH3].[H-].[Li+]. The summed E-state index contributed by atoms with van der Waals surface area (Å²) in [5, 5.41) is 18.7. The summed E-state index contributed by atoms with van der Waals surface area (Å²) in [5.74, 6) is 0.782. The van der Waals surface area contributed by atoms with Gasteiger partial charge in [-0.25, -0.2) is 0 Å². The zero-order valence-corrected chi connectivity index (χ0v) is 37.7. The molecule has 14 heteroatoms. The summed E-state index contributed by atoms with van der Waals surface area (Å²) in [5.41, 5.74) is 11.3. The third-order valence-corrected chi connectivity index (χ3v) is 13.8. The molecule has 1 unspecified atom stereocenters. The van der Waals surface area contributed by atoms with E-state index in [1.807, 2.05) is 146 Å². The van der Waals surface area contributed by atoms with Crippen molar-refractivity contribution < 1.29 is 49.3 Å². The minimum absolute atomic E-state index is 0. The van der Waals surface area contributed by atoms with Crippen LogP contribution in [0.25, 0.3) is 87.2 Å². The number of nitrogens with one attached hydrogen (secondary N) is 4. The van der Waals surface area contributed by atoms with Gasteiger partial charge in [-0.05, 0) is 59.7 Å². The molecule has 2 aliphatic rings. The van der Waals surface area contributed by atoms with Gasteiger partial charge in [-0.15, -0.1) is 0 Å². The number of aromatic amines is 4. The van der Waals surface area contributed by atoms with Gasteiger partial charge in [0.15, 0.2) is 23.6 Å². The number of benzene rings is 8. The molecule has 0 saturated carbocycles. The monoisotopic (exact) mass is 930 g/mol. The molecular weight excluding hydrogens is 887 g/mol. The predicted molar refractivity (Wildman–Crippen MR) is 276 cm³/mol. The van der Waals surface area contributed by atoms with Crippen molar-refractivity contribution in [2.24, 2.45) is 0 Å². The number of carbonyl (C=O) groups is 3. The molecule has 5 N–H and O–H groups in total. The summed E-state index contributed by atoms with van der Waals surface area (Å²) in [7, 11) is 3.23. The summed E-state index contributed by atoms with van der Waals surface area (Å²) in [6.07, 6.45) is -1.05. The topological polar surface area (TPSA) is 160 Å². The van der Waals surface area contributed by atoms with Crippen LogP contribution >= 0.6 is 0 Å². The van der Waals surface area contributed by atoms with E-state index >= 15 is 0 Å². The minimum Gasteiger partial charge on any atom is -1.00 e. The van der Waals surface area contributed by atoms with Crippen molar-refractivity contribution in [3.63, 3.8) is 0 Å². The number of methoxy groups -OCH3 is 2. The molecule has 2 aliphatic heterocycles. The Kier molecular flexibility index (Phi) is 10.9. The third kappa shape index (κ3) is 6.51. The number of H-pyrrole nitrogens is 4. The van der Waals surface area contributed by atoms with Crippen molar-refractivity contribution in [2.45, 2.75) is 19.3 Å². The maximum atomic E-state index is 13.9. The Hall–Kier alpha value is -7.74. The van der Waals surface area contributed by atoms with E-state index in [2.05, 4.69) is 19.9 Å². The second-order valence-electron chi connectivity index (χ2n) is 17.4. The Bertz CT molecular complexity index is 4020. The summed E-state index contributed by atoms with van der Waals surface area (Å²) >= 11 is 0. The molecule has 4 aromatic heterocycles. The molecule has 0 bridgehead atoms. The van der Waals surface area contributed by atoms with E-state index in [0.717, 1.165) is 110 Å². The Morgan fingerprint density at radius 2 is 0.814 bits per heavy atom. The number of amides is 3. The first-order valence-corrected chi connectivity index (χ1v) is 22.4. The summed E-state index contributed by atoms with van der Waals surface area (Å²) in [4.78, 5) is 58.6. The zero-order chi connectivity index (χ0) is 45.9. The van der Waals surface area contributed by atoms with Crippen LogP contribution in [0.15, 0.2) is 146 Å². The van der Waals surface area contributed by atoms with Gasteiger partial charge in [-0.2, -0.15) is 0 Å². The Balaban J connectivity index is 0.000000157. The Morgan fingerprint density at radius 3 is 1.21 bits per heavy atom. The summed E-state index contributed by atoms with van der Waals surface area (Å²) < 4.78 is 10.5. The molecule has 8 aromatic carbocycles. The number of aromatic nitrogens is 4. The summed E-state index contributed by atoms with van der Waals surface area (Å²) in [6, 6.07) is 46.8. The number of para-hydroxylation sites is 4. The zero-order valence-electron chi connectivity index (χ0n) is 38.7. The first-order valence-electron chi connectivity index (χ1n) is 22.4. The number of aliphatic hydroxyl groups excluding tert-OH is 1. The van der Waals surface area contributed by atoms with Gasteiger partial charge in [0.2, 0.25) is 0 Å². The number of hydrogen-bond donors (Lipinski definition) is 5. The molecule has 0 spiro atoms. The van der Waals surface area contributed by atoms with Gasteiger partial charge in [0.25, 0.3) is 17.7 Å². The van der Waals surface area contributed by atoms with Crippen molar-refractivity contribution in [1.82, 2.24) is 29.7 Å². The van der Waals surface area contributed by atoms with Crippen LogP contribution < -0.4 is 28.3 Å². The number of aliphatic hydroxyl groups is 1. The van der Waals surface area contributed by atoms with Gasteiger partial charge in [-0.1, -0.05) is 97.1 Å². The van der Waals surface area contributed by atoms with Gasteiger partial charge >= 0.3 is 18.9 Å². The van der Waals surface area contributed by atoms with Crippen LogP contribution in [0, 0.1) is 0 Å². The first kappa shape index (κ1) is 44.7. The van der Waals surface area contributed by atoms with E-state index < -0.39 is 6.23 Å². The molecular formula is C56H44AlLiN6O6. The number of imide groups is 1. The molecule has 12 nitrogen and oxygen atoms in total. The minimum atomic E-state index is -1.05. The number of nitrogens with zero attached hydrogens (tertiary/aromatic N) is 2. The van der Waals surface area contributed by atoms with E-state index in [0.29, 0.717) is 28.8 Å². The maximum absolute atomic E-state index is 13.9. The first-order chi connectivity index (χ1) is 33.3. The fraction of sp³-hybridized carbons (Fsp3) is 0.0893. The number of hydrogen-bond acceptors (Lipinski definition) is 6. The molecule has 338 valence electrons. The summed E-state index contributed by atoms with van der Waals surface area (Å²) in [6.45, 7) is 0.496. The van der Waals surface area contributed by atoms with Gasteiger partial charge < -0.3 is 40.8 Å². The molecule has 3 amide bonds. The van der Waals surface area contributed by atoms with Crippen LogP contribution in [-0.2, 0) is 13.1 Å². The molecule has 0 saturated heterocycles. The third-order valence-electron chi connectivity index (χ3n) is 13.8. The van der Waals surface area contributed by atoms with Gasteiger partial charge in [0.1, 0.15) is 11.5 Å². The van der Waals surface area contributed by atoms with Gasteiger partial charge in [0.05, 0.1) is 59.5 Å². The molecule has 70 heavy (non-hydrogen) atoms. The fourth-order valence-electron chi connectivity index (χ4n) is 10.7. The van der Waals surface area contributed by atoms with Crippen LogP contribution in [-0.4, -0.2) is 84.1 Å². The van der Waals surface area contributed by atoms with Crippen LogP contribution in [0.5, 0.6) is 11.5 Å². The Labute approximate surface area is 422 Å². The van der Waals surface area contributed by atoms with Crippen molar-refractivity contribution in [2.75, 3.05) is 14.2 Å². The van der Waals surface area contributed by atoms with E-state index in [1.165, 1.54) is 4.90 Å². The number of carbonyl (C=O) groups excluding carboxylic acids is 3. The smallest absolute Gasteiger partial charge is 1.00 e. The second kappa shape index (κ2) is 17.0. The van der Waals surface area contributed by atoms with Crippen LogP contribution in [0.4, 0.5) is 0 Å². The fourth-order valence-corrected chi connectivity index (χ4v) is 10.7. The van der Waals surface area contributed by atoms with E-state index in [1.54, 1.807) is 19.1 Å². The molecule has 0 aliphatic carbocycles. The molecule has 1 atom stereocenters. The molecule has 14 rings (SSSR count).